The standard InChI is InChI=1S/C8H10O4/c1-4(9)6-2-5(10)3-7(6)8(11)12/h6-7H,2-3H2,1H3,(H,11,12). The number of ketones is 2. The van der Waals surface area contributed by atoms with E-state index in [4.69, 9.17) is 5.11 Å². The van der Waals surface area contributed by atoms with Gasteiger partial charge in [0, 0.05) is 18.8 Å². The minimum atomic E-state index is -1.04. The molecule has 1 aliphatic carbocycles. The molecular formula is C8H10O4. The van der Waals surface area contributed by atoms with Gasteiger partial charge in [-0.25, -0.2) is 0 Å². The molecule has 0 amide bonds. The number of carbonyl (C=O) groups is 3. The quantitative estimate of drug-likeness (QED) is 0.645. The summed E-state index contributed by atoms with van der Waals surface area (Å²) in [6.07, 6.45) is 0.117. The second-order valence-corrected chi connectivity index (χ2v) is 3.11. The first-order valence-electron chi connectivity index (χ1n) is 3.77. The summed E-state index contributed by atoms with van der Waals surface area (Å²) in [6, 6.07) is 0. The van der Waals surface area contributed by atoms with Crippen molar-refractivity contribution in [3.8, 4) is 0 Å². The fraction of sp³-hybridized carbons (Fsp3) is 0.625. The molecule has 0 spiro atoms. The van der Waals surface area contributed by atoms with Crippen molar-refractivity contribution in [3.63, 3.8) is 0 Å². The first kappa shape index (κ1) is 8.90. The molecule has 2 atom stereocenters. The molecule has 4 heteroatoms. The van der Waals surface area contributed by atoms with Gasteiger partial charge in [0.1, 0.15) is 11.6 Å². The van der Waals surface area contributed by atoms with E-state index < -0.39 is 17.8 Å². The van der Waals surface area contributed by atoms with Crippen LogP contribution in [0, 0.1) is 11.8 Å². The molecule has 1 N–H and O–H groups in total. The molecule has 66 valence electrons. The predicted molar refractivity (Wildman–Crippen MR) is 39.5 cm³/mol. The van der Waals surface area contributed by atoms with E-state index in [2.05, 4.69) is 0 Å². The third-order valence-electron chi connectivity index (χ3n) is 2.22. The summed E-state index contributed by atoms with van der Waals surface area (Å²) in [7, 11) is 0. The smallest absolute Gasteiger partial charge is 0.307 e. The van der Waals surface area contributed by atoms with Crippen LogP contribution in [-0.4, -0.2) is 22.6 Å². The summed E-state index contributed by atoms with van der Waals surface area (Å²) in [5, 5.41) is 8.65. The zero-order valence-corrected chi connectivity index (χ0v) is 6.74. The molecule has 4 nitrogen and oxygen atoms in total. The Morgan fingerprint density at radius 3 is 2.17 bits per heavy atom. The van der Waals surface area contributed by atoms with Gasteiger partial charge in [-0.05, 0) is 6.92 Å². The molecule has 2 unspecified atom stereocenters. The van der Waals surface area contributed by atoms with Gasteiger partial charge in [0.2, 0.25) is 0 Å². The van der Waals surface area contributed by atoms with Gasteiger partial charge < -0.3 is 5.11 Å². The number of Topliss-reactive ketones (excluding diaryl/α,β-unsaturated/α-hetero) is 2. The highest BCUT2D eigenvalue weighted by Gasteiger charge is 2.40. The van der Waals surface area contributed by atoms with Crippen LogP contribution in [0.3, 0.4) is 0 Å². The summed E-state index contributed by atoms with van der Waals surface area (Å²) in [6.45, 7) is 1.33. The van der Waals surface area contributed by atoms with Gasteiger partial charge in [-0.2, -0.15) is 0 Å². The maximum atomic E-state index is 10.9. The van der Waals surface area contributed by atoms with E-state index in [1.54, 1.807) is 0 Å². The molecule has 0 aliphatic heterocycles. The minimum absolute atomic E-state index is 0.0135. The van der Waals surface area contributed by atoms with Crippen LogP contribution >= 0.6 is 0 Å². The molecule has 12 heavy (non-hydrogen) atoms. The average Bonchev–Trinajstić information content (AvgIpc) is 2.31. The Morgan fingerprint density at radius 2 is 1.83 bits per heavy atom. The lowest BCUT2D eigenvalue weighted by Gasteiger charge is -2.09. The molecule has 0 aromatic rings. The van der Waals surface area contributed by atoms with E-state index >= 15 is 0 Å². The Bertz CT molecular complexity index is 219. The Labute approximate surface area is 69.6 Å². The van der Waals surface area contributed by atoms with Crippen LogP contribution in [0.25, 0.3) is 0 Å². The third kappa shape index (κ3) is 1.52. The van der Waals surface area contributed by atoms with Crippen LogP contribution in [0.1, 0.15) is 19.8 Å². The number of hydrogen-bond acceptors (Lipinski definition) is 3. The molecule has 1 aliphatic rings. The van der Waals surface area contributed by atoms with Crippen molar-refractivity contribution in [2.75, 3.05) is 0 Å². The van der Waals surface area contributed by atoms with E-state index in [-0.39, 0.29) is 24.4 Å². The number of carboxylic acids is 1. The Kier molecular flexibility index (Phi) is 2.26. The van der Waals surface area contributed by atoms with Gasteiger partial charge in [0.05, 0.1) is 5.92 Å². The minimum Gasteiger partial charge on any atom is -0.481 e. The van der Waals surface area contributed by atoms with Crippen LogP contribution < -0.4 is 0 Å². The highest BCUT2D eigenvalue weighted by molar-refractivity contribution is 5.96. The van der Waals surface area contributed by atoms with Crippen molar-refractivity contribution in [2.45, 2.75) is 19.8 Å². The van der Waals surface area contributed by atoms with Crippen LogP contribution in [0.15, 0.2) is 0 Å². The molecule has 0 bridgehead atoms. The zero-order valence-electron chi connectivity index (χ0n) is 6.74. The summed E-state index contributed by atoms with van der Waals surface area (Å²) < 4.78 is 0. The van der Waals surface area contributed by atoms with Crippen LogP contribution in [0.5, 0.6) is 0 Å². The van der Waals surface area contributed by atoms with Crippen molar-refractivity contribution < 1.29 is 19.5 Å². The largest absolute Gasteiger partial charge is 0.481 e. The van der Waals surface area contributed by atoms with Crippen LogP contribution in [0.2, 0.25) is 0 Å². The van der Waals surface area contributed by atoms with E-state index in [0.29, 0.717) is 0 Å². The van der Waals surface area contributed by atoms with Gasteiger partial charge in [0.15, 0.2) is 0 Å². The van der Waals surface area contributed by atoms with Crippen molar-refractivity contribution >= 4 is 17.5 Å². The third-order valence-corrected chi connectivity index (χ3v) is 2.22. The number of hydrogen-bond donors (Lipinski definition) is 1. The van der Waals surface area contributed by atoms with E-state index in [1.165, 1.54) is 6.92 Å². The number of carboxylic acid groups (broad SMARTS) is 1. The molecule has 0 heterocycles. The lowest BCUT2D eigenvalue weighted by molar-refractivity contribution is -0.145. The van der Waals surface area contributed by atoms with Gasteiger partial charge in [-0.3, -0.25) is 14.4 Å². The SMILES string of the molecule is CC(=O)C1CC(=O)CC1C(=O)O. The monoisotopic (exact) mass is 170 g/mol. The molecule has 1 fully saturated rings. The topological polar surface area (TPSA) is 71.4 Å². The van der Waals surface area contributed by atoms with Crippen molar-refractivity contribution in [2.24, 2.45) is 11.8 Å². The second kappa shape index (κ2) is 3.05. The summed E-state index contributed by atoms with van der Waals surface area (Å²) >= 11 is 0. The first-order valence-corrected chi connectivity index (χ1v) is 3.77. The molecule has 0 saturated heterocycles. The first-order chi connectivity index (χ1) is 5.52. The highest BCUT2D eigenvalue weighted by Crippen LogP contribution is 2.29. The Balaban J connectivity index is 2.79. The van der Waals surface area contributed by atoms with Gasteiger partial charge >= 0.3 is 5.97 Å². The van der Waals surface area contributed by atoms with Gasteiger partial charge in [-0.1, -0.05) is 0 Å². The fourth-order valence-corrected chi connectivity index (χ4v) is 1.54. The van der Waals surface area contributed by atoms with E-state index in [9.17, 15) is 14.4 Å². The predicted octanol–water partition coefficient (Wildman–Crippen LogP) is 0.255. The molecule has 1 saturated carbocycles. The highest BCUT2D eigenvalue weighted by atomic mass is 16.4. The summed E-state index contributed by atoms with van der Waals surface area (Å²) in [4.78, 5) is 32.3. The van der Waals surface area contributed by atoms with Crippen LogP contribution in [-0.2, 0) is 14.4 Å². The average molecular weight is 170 g/mol. The van der Waals surface area contributed by atoms with Crippen molar-refractivity contribution in [1.82, 2.24) is 0 Å². The number of aliphatic carboxylic acids is 1. The zero-order chi connectivity index (χ0) is 9.30. The van der Waals surface area contributed by atoms with Gasteiger partial charge in [0.25, 0.3) is 0 Å². The molecular weight excluding hydrogens is 160 g/mol. The Hall–Kier alpha value is -1.19. The van der Waals surface area contributed by atoms with E-state index in [1.807, 2.05) is 0 Å². The molecule has 0 aromatic heterocycles. The summed E-state index contributed by atoms with van der Waals surface area (Å²) in [5.74, 6) is -2.73. The fourth-order valence-electron chi connectivity index (χ4n) is 1.54. The summed E-state index contributed by atoms with van der Waals surface area (Å²) in [5.41, 5.74) is 0. The second-order valence-electron chi connectivity index (χ2n) is 3.11. The van der Waals surface area contributed by atoms with Gasteiger partial charge in [-0.15, -0.1) is 0 Å². The molecule has 1 rings (SSSR count). The number of rotatable bonds is 2. The Morgan fingerprint density at radius 1 is 1.33 bits per heavy atom. The van der Waals surface area contributed by atoms with E-state index in [0.717, 1.165) is 0 Å². The lowest BCUT2D eigenvalue weighted by atomic mass is 9.93. The lowest BCUT2D eigenvalue weighted by Crippen LogP contribution is -2.23. The molecule has 0 radical (unpaired) electrons. The maximum absolute atomic E-state index is 10.9. The van der Waals surface area contributed by atoms with Crippen LogP contribution in [0.4, 0.5) is 0 Å². The normalized spacial score (nSPS) is 28.9. The maximum Gasteiger partial charge on any atom is 0.307 e. The van der Waals surface area contributed by atoms with Crippen molar-refractivity contribution in [3.05, 3.63) is 0 Å². The van der Waals surface area contributed by atoms with Crippen molar-refractivity contribution in [1.29, 1.82) is 0 Å². The molecule has 0 aromatic carbocycles. The number of carbonyl (C=O) groups excluding carboxylic acids is 2.